The molecule has 1 aliphatic rings. The molecule has 0 saturated heterocycles. The summed E-state index contributed by atoms with van der Waals surface area (Å²) in [6, 6.07) is 19.4. The fraction of sp³-hybridized carbons (Fsp3) is 0.269. The van der Waals surface area contributed by atoms with Gasteiger partial charge >= 0.3 is 5.97 Å². The highest BCUT2D eigenvalue weighted by molar-refractivity contribution is 5.77. The van der Waals surface area contributed by atoms with Crippen molar-refractivity contribution in [3.63, 3.8) is 0 Å². The van der Waals surface area contributed by atoms with E-state index in [4.69, 9.17) is 19.9 Å². The maximum atomic E-state index is 11.7. The second-order valence-electron chi connectivity index (χ2n) is 8.05. The zero-order valence-corrected chi connectivity index (χ0v) is 19.5. The number of nitrogens with two attached hydrogens (primary N) is 1. The SMILES string of the molecule is COc1ccc(-c2ccc3c(c2)N(CC(=O)O)C(N)N(Cc2c(OC)cccc2OC)C3)cc1. The Kier molecular flexibility index (Phi) is 6.90. The quantitative estimate of drug-likeness (QED) is 0.524. The molecule has 1 heterocycles. The Bertz CT molecular complexity index is 1140. The number of rotatable bonds is 8. The van der Waals surface area contributed by atoms with Gasteiger partial charge in [0.05, 0.1) is 26.9 Å². The maximum absolute atomic E-state index is 11.7. The normalized spacial score (nSPS) is 15.5. The minimum atomic E-state index is -0.951. The molecule has 0 radical (unpaired) electrons. The Morgan fingerprint density at radius 3 is 2.21 bits per heavy atom. The molecule has 0 saturated carbocycles. The van der Waals surface area contributed by atoms with Gasteiger partial charge in [0.15, 0.2) is 0 Å². The molecular formula is C26H29N3O5. The molecule has 8 heteroatoms. The van der Waals surface area contributed by atoms with Gasteiger partial charge in [0, 0.05) is 18.8 Å². The van der Waals surface area contributed by atoms with Gasteiger partial charge in [-0.2, -0.15) is 0 Å². The number of hydrogen-bond donors (Lipinski definition) is 2. The molecule has 178 valence electrons. The first-order chi connectivity index (χ1) is 16.4. The van der Waals surface area contributed by atoms with E-state index in [0.29, 0.717) is 24.6 Å². The van der Waals surface area contributed by atoms with E-state index in [1.807, 2.05) is 65.6 Å². The number of hydrogen-bond acceptors (Lipinski definition) is 7. The number of methoxy groups -OCH3 is 3. The van der Waals surface area contributed by atoms with Crippen LogP contribution in [0.3, 0.4) is 0 Å². The van der Waals surface area contributed by atoms with Crippen LogP contribution >= 0.6 is 0 Å². The molecule has 4 rings (SSSR count). The van der Waals surface area contributed by atoms with E-state index < -0.39 is 12.3 Å². The van der Waals surface area contributed by atoms with Crippen molar-refractivity contribution in [2.24, 2.45) is 5.73 Å². The molecule has 0 fully saturated rings. The summed E-state index contributed by atoms with van der Waals surface area (Å²) in [4.78, 5) is 15.5. The van der Waals surface area contributed by atoms with E-state index in [9.17, 15) is 9.90 Å². The number of nitrogens with zero attached hydrogens (tertiary/aromatic N) is 2. The molecule has 3 aromatic rings. The van der Waals surface area contributed by atoms with Gasteiger partial charge in [-0.15, -0.1) is 0 Å². The number of ether oxygens (including phenoxy) is 3. The fourth-order valence-electron chi connectivity index (χ4n) is 4.34. The summed E-state index contributed by atoms with van der Waals surface area (Å²) in [5.41, 5.74) is 11.3. The van der Waals surface area contributed by atoms with Crippen molar-refractivity contribution in [3.8, 4) is 28.4 Å². The highest BCUT2D eigenvalue weighted by atomic mass is 16.5. The molecule has 1 aliphatic heterocycles. The monoisotopic (exact) mass is 463 g/mol. The lowest BCUT2D eigenvalue weighted by Gasteiger charge is -2.43. The number of carboxylic acids is 1. The van der Waals surface area contributed by atoms with E-state index in [-0.39, 0.29) is 6.54 Å². The zero-order valence-electron chi connectivity index (χ0n) is 19.5. The Hall–Kier alpha value is -3.75. The maximum Gasteiger partial charge on any atom is 0.323 e. The first kappa shape index (κ1) is 23.4. The van der Waals surface area contributed by atoms with Crippen LogP contribution in [-0.2, 0) is 17.9 Å². The van der Waals surface area contributed by atoms with Crippen molar-refractivity contribution in [2.45, 2.75) is 19.4 Å². The van der Waals surface area contributed by atoms with Crippen molar-refractivity contribution in [2.75, 3.05) is 32.8 Å². The van der Waals surface area contributed by atoms with Crippen LogP contribution in [0, 0.1) is 0 Å². The summed E-state index contributed by atoms with van der Waals surface area (Å²) in [5, 5.41) is 9.62. The molecule has 1 unspecified atom stereocenters. The molecule has 0 bridgehead atoms. The van der Waals surface area contributed by atoms with E-state index >= 15 is 0 Å². The van der Waals surface area contributed by atoms with Crippen LogP contribution in [0.4, 0.5) is 5.69 Å². The van der Waals surface area contributed by atoms with Gasteiger partial charge in [-0.1, -0.05) is 30.3 Å². The molecule has 0 aromatic heterocycles. The summed E-state index contributed by atoms with van der Waals surface area (Å²) in [6.45, 7) is 0.765. The van der Waals surface area contributed by atoms with Crippen LogP contribution in [0.1, 0.15) is 11.1 Å². The van der Waals surface area contributed by atoms with E-state index in [2.05, 4.69) is 0 Å². The van der Waals surface area contributed by atoms with Gasteiger partial charge in [0.1, 0.15) is 30.1 Å². The predicted octanol–water partition coefficient (Wildman–Crippen LogP) is 3.53. The topological polar surface area (TPSA) is 97.5 Å². The van der Waals surface area contributed by atoms with Crippen LogP contribution in [0.2, 0.25) is 0 Å². The molecule has 0 spiro atoms. The van der Waals surface area contributed by atoms with E-state index in [0.717, 1.165) is 33.7 Å². The molecule has 8 nitrogen and oxygen atoms in total. The van der Waals surface area contributed by atoms with Crippen LogP contribution in [0.15, 0.2) is 60.7 Å². The molecule has 3 N–H and O–H groups in total. The third-order valence-electron chi connectivity index (χ3n) is 6.08. The third kappa shape index (κ3) is 4.64. The summed E-state index contributed by atoms with van der Waals surface area (Å²) in [5.74, 6) is 1.21. The second-order valence-corrected chi connectivity index (χ2v) is 8.05. The zero-order chi connectivity index (χ0) is 24.2. The summed E-state index contributed by atoms with van der Waals surface area (Å²) >= 11 is 0. The summed E-state index contributed by atoms with van der Waals surface area (Å²) in [7, 11) is 4.85. The standard InChI is InChI=1S/C26H29N3O5/c1-32-20-11-9-17(10-12-20)18-7-8-19-14-28(26(27)29(16-25(30)31)22(19)13-18)15-21-23(33-2)5-4-6-24(21)34-3/h4-13,26H,14-16,27H2,1-3H3,(H,30,31). The van der Waals surface area contributed by atoms with Crippen molar-refractivity contribution in [3.05, 3.63) is 71.8 Å². The Morgan fingerprint density at radius 2 is 1.62 bits per heavy atom. The van der Waals surface area contributed by atoms with Crippen LogP contribution < -0.4 is 24.8 Å². The fourth-order valence-corrected chi connectivity index (χ4v) is 4.34. The Labute approximate surface area is 199 Å². The molecule has 0 amide bonds. The smallest absolute Gasteiger partial charge is 0.323 e. The van der Waals surface area contributed by atoms with E-state index in [1.165, 1.54) is 0 Å². The molecule has 3 aromatic carbocycles. The number of aliphatic carboxylic acids is 1. The number of fused-ring (bicyclic) bond motifs is 1. The minimum Gasteiger partial charge on any atom is -0.497 e. The molecular weight excluding hydrogens is 434 g/mol. The molecule has 34 heavy (non-hydrogen) atoms. The largest absolute Gasteiger partial charge is 0.497 e. The third-order valence-corrected chi connectivity index (χ3v) is 6.08. The first-order valence-corrected chi connectivity index (χ1v) is 10.9. The summed E-state index contributed by atoms with van der Waals surface area (Å²) < 4.78 is 16.3. The van der Waals surface area contributed by atoms with Crippen molar-refractivity contribution in [1.29, 1.82) is 0 Å². The number of carboxylic acid groups (broad SMARTS) is 1. The van der Waals surface area contributed by atoms with E-state index in [1.54, 1.807) is 26.2 Å². The van der Waals surface area contributed by atoms with Gasteiger partial charge in [-0.25, -0.2) is 0 Å². The van der Waals surface area contributed by atoms with Gasteiger partial charge < -0.3 is 24.2 Å². The van der Waals surface area contributed by atoms with Crippen LogP contribution in [0.5, 0.6) is 17.2 Å². The van der Waals surface area contributed by atoms with Crippen molar-refractivity contribution in [1.82, 2.24) is 4.90 Å². The Balaban J connectivity index is 1.70. The average molecular weight is 464 g/mol. The highest BCUT2D eigenvalue weighted by Crippen LogP contribution is 2.37. The minimum absolute atomic E-state index is 0.222. The predicted molar refractivity (Wildman–Crippen MR) is 130 cm³/mol. The second kappa shape index (κ2) is 10.0. The lowest BCUT2D eigenvalue weighted by atomic mass is 9.99. The van der Waals surface area contributed by atoms with Gasteiger partial charge in [-0.05, 0) is 47.0 Å². The van der Waals surface area contributed by atoms with Crippen LogP contribution in [0.25, 0.3) is 11.1 Å². The lowest BCUT2D eigenvalue weighted by molar-refractivity contribution is -0.135. The average Bonchev–Trinajstić information content (AvgIpc) is 2.86. The highest BCUT2D eigenvalue weighted by Gasteiger charge is 2.32. The van der Waals surface area contributed by atoms with Gasteiger partial charge in [0.2, 0.25) is 0 Å². The number of benzene rings is 3. The lowest BCUT2D eigenvalue weighted by Crippen LogP contribution is -2.58. The number of carbonyl (C=O) groups is 1. The first-order valence-electron chi connectivity index (χ1n) is 10.9. The number of anilines is 1. The van der Waals surface area contributed by atoms with Crippen LogP contribution in [-0.4, -0.2) is 50.1 Å². The van der Waals surface area contributed by atoms with Crippen molar-refractivity contribution < 1.29 is 24.1 Å². The molecule has 0 aliphatic carbocycles. The molecule has 1 atom stereocenters. The van der Waals surface area contributed by atoms with Gasteiger partial charge in [-0.3, -0.25) is 15.4 Å². The van der Waals surface area contributed by atoms with Gasteiger partial charge in [0.25, 0.3) is 0 Å². The Morgan fingerprint density at radius 1 is 0.971 bits per heavy atom. The van der Waals surface area contributed by atoms with Crippen molar-refractivity contribution >= 4 is 11.7 Å². The summed E-state index contributed by atoms with van der Waals surface area (Å²) in [6.07, 6.45) is -0.649.